The molecule has 5 rings (SSSR count). The molecule has 1 amide bonds. The second kappa shape index (κ2) is 7.27. The molecule has 1 saturated carbocycles. The number of amides is 1. The summed E-state index contributed by atoms with van der Waals surface area (Å²) in [4.78, 5) is 23.2. The lowest BCUT2D eigenvalue weighted by Crippen LogP contribution is -2.37. The molecular formula is C24H21N5O. The van der Waals surface area contributed by atoms with Crippen LogP contribution in [0.4, 0.5) is 5.82 Å². The number of hydrogen-bond donors (Lipinski definition) is 1. The van der Waals surface area contributed by atoms with Gasteiger partial charge in [0, 0.05) is 48.9 Å². The Morgan fingerprint density at radius 1 is 1.13 bits per heavy atom. The number of carbonyl (C=O) groups excluding carboxylic acids is 1. The number of nitriles is 1. The molecule has 148 valence electrons. The molecule has 1 aromatic carbocycles. The van der Waals surface area contributed by atoms with E-state index >= 15 is 0 Å². The predicted molar refractivity (Wildman–Crippen MR) is 114 cm³/mol. The molecule has 0 atom stereocenters. The first-order valence-electron chi connectivity index (χ1n) is 10.2. The Hall–Kier alpha value is -3.72. The van der Waals surface area contributed by atoms with Gasteiger partial charge in [0.25, 0.3) is 0 Å². The van der Waals surface area contributed by atoms with Crippen molar-refractivity contribution >= 4 is 11.7 Å². The molecule has 0 radical (unpaired) electrons. The summed E-state index contributed by atoms with van der Waals surface area (Å²) >= 11 is 0. The first-order chi connectivity index (χ1) is 14.7. The highest BCUT2D eigenvalue weighted by Gasteiger charge is 2.36. The van der Waals surface area contributed by atoms with Crippen LogP contribution in [0.25, 0.3) is 22.3 Å². The van der Waals surface area contributed by atoms with Crippen LogP contribution in [0.5, 0.6) is 0 Å². The maximum absolute atomic E-state index is 12.7. The molecule has 2 aliphatic rings. The lowest BCUT2D eigenvalue weighted by atomic mass is 9.90. The molecule has 2 aromatic heterocycles. The summed E-state index contributed by atoms with van der Waals surface area (Å²) in [7, 11) is 0. The minimum atomic E-state index is 0.172. The third-order valence-corrected chi connectivity index (χ3v) is 5.90. The van der Waals surface area contributed by atoms with Crippen molar-refractivity contribution in [3.05, 3.63) is 65.6 Å². The van der Waals surface area contributed by atoms with E-state index in [2.05, 4.69) is 16.0 Å². The topological polar surface area (TPSA) is 95.9 Å². The Kier molecular flexibility index (Phi) is 4.44. The van der Waals surface area contributed by atoms with E-state index in [1.807, 2.05) is 47.5 Å². The zero-order valence-corrected chi connectivity index (χ0v) is 16.5. The zero-order valence-electron chi connectivity index (χ0n) is 16.5. The van der Waals surface area contributed by atoms with Crippen LogP contribution in [0.1, 0.15) is 29.7 Å². The number of nitrogens with zero attached hydrogens (tertiary/aromatic N) is 4. The van der Waals surface area contributed by atoms with Crippen molar-refractivity contribution in [2.75, 3.05) is 12.3 Å². The van der Waals surface area contributed by atoms with Crippen LogP contribution in [0.3, 0.4) is 0 Å². The molecule has 0 unspecified atom stereocenters. The van der Waals surface area contributed by atoms with Crippen molar-refractivity contribution in [2.45, 2.75) is 25.8 Å². The van der Waals surface area contributed by atoms with E-state index in [9.17, 15) is 10.1 Å². The van der Waals surface area contributed by atoms with E-state index in [-0.39, 0.29) is 17.6 Å². The molecule has 3 aromatic rings. The van der Waals surface area contributed by atoms with Crippen molar-refractivity contribution < 1.29 is 4.79 Å². The third kappa shape index (κ3) is 3.18. The maximum atomic E-state index is 12.7. The average molecular weight is 395 g/mol. The number of carbonyl (C=O) groups is 1. The van der Waals surface area contributed by atoms with Crippen LogP contribution in [0.2, 0.25) is 0 Å². The van der Waals surface area contributed by atoms with Crippen molar-refractivity contribution in [1.29, 1.82) is 5.26 Å². The first kappa shape index (κ1) is 18.3. The first-order valence-corrected chi connectivity index (χ1v) is 10.2. The third-order valence-electron chi connectivity index (χ3n) is 5.90. The van der Waals surface area contributed by atoms with Crippen LogP contribution in [-0.2, 0) is 17.8 Å². The molecule has 3 heterocycles. The molecule has 1 fully saturated rings. The molecule has 0 spiro atoms. The normalized spacial score (nSPS) is 15.4. The fourth-order valence-electron chi connectivity index (χ4n) is 4.15. The monoisotopic (exact) mass is 395 g/mol. The number of pyridine rings is 2. The number of anilines is 1. The van der Waals surface area contributed by atoms with Crippen molar-refractivity contribution in [1.82, 2.24) is 14.9 Å². The molecule has 30 heavy (non-hydrogen) atoms. The Bertz CT molecular complexity index is 1160. The van der Waals surface area contributed by atoms with Crippen LogP contribution < -0.4 is 5.73 Å². The summed E-state index contributed by atoms with van der Waals surface area (Å²) in [5.74, 6) is 0.643. The van der Waals surface area contributed by atoms with Crippen molar-refractivity contribution in [2.24, 2.45) is 5.92 Å². The number of fused-ring (bicyclic) bond motifs is 1. The lowest BCUT2D eigenvalue weighted by Gasteiger charge is -2.30. The fourth-order valence-corrected chi connectivity index (χ4v) is 4.15. The van der Waals surface area contributed by atoms with Gasteiger partial charge in [-0.15, -0.1) is 0 Å². The minimum absolute atomic E-state index is 0.172. The minimum Gasteiger partial charge on any atom is -0.383 e. The standard InChI is InChI=1S/C24H21N5O/c25-12-19-22(16-5-3-15(4-6-16)18-2-1-10-27-13-18)20-14-29(24(30)17-7-8-17)11-9-21(20)28-23(19)26/h1-6,10,13,17H,7-9,11,14H2,(H2,26,28). The number of aromatic nitrogens is 2. The Labute approximate surface area is 175 Å². The summed E-state index contributed by atoms with van der Waals surface area (Å²) in [5.41, 5.74) is 12.1. The lowest BCUT2D eigenvalue weighted by molar-refractivity contribution is -0.133. The fraction of sp³-hybridized carbons (Fsp3) is 0.250. The largest absolute Gasteiger partial charge is 0.383 e. The van der Waals surface area contributed by atoms with Gasteiger partial charge in [-0.3, -0.25) is 9.78 Å². The smallest absolute Gasteiger partial charge is 0.225 e. The highest BCUT2D eigenvalue weighted by Crippen LogP contribution is 2.38. The second-order valence-corrected chi connectivity index (χ2v) is 7.89. The van der Waals surface area contributed by atoms with Gasteiger partial charge in [0.05, 0.1) is 5.69 Å². The summed E-state index contributed by atoms with van der Waals surface area (Å²) in [5, 5.41) is 9.81. The van der Waals surface area contributed by atoms with Gasteiger partial charge in [0.2, 0.25) is 5.91 Å². The van der Waals surface area contributed by atoms with Gasteiger partial charge >= 0.3 is 0 Å². The Balaban J connectivity index is 1.58. The van der Waals surface area contributed by atoms with Gasteiger partial charge in [0.15, 0.2) is 0 Å². The zero-order chi connectivity index (χ0) is 20.7. The average Bonchev–Trinajstić information content (AvgIpc) is 3.64. The molecule has 1 aliphatic heterocycles. The number of nitrogens with two attached hydrogens (primary N) is 1. The summed E-state index contributed by atoms with van der Waals surface area (Å²) in [6.45, 7) is 1.13. The van der Waals surface area contributed by atoms with Crippen LogP contribution in [0.15, 0.2) is 48.8 Å². The van der Waals surface area contributed by atoms with Gasteiger partial charge in [0.1, 0.15) is 17.5 Å². The SMILES string of the molecule is N#Cc1c(N)nc2c(c1-c1ccc(-c3cccnc3)cc1)CN(C(=O)C1CC1)CC2. The van der Waals surface area contributed by atoms with Gasteiger partial charge in [-0.05, 0) is 35.6 Å². The molecular weight excluding hydrogens is 374 g/mol. The van der Waals surface area contributed by atoms with Gasteiger partial charge in [-0.25, -0.2) is 4.98 Å². The van der Waals surface area contributed by atoms with Crippen molar-refractivity contribution in [3.63, 3.8) is 0 Å². The Morgan fingerprint density at radius 2 is 1.90 bits per heavy atom. The molecule has 6 nitrogen and oxygen atoms in total. The molecule has 1 aliphatic carbocycles. The number of hydrogen-bond acceptors (Lipinski definition) is 5. The quantitative estimate of drug-likeness (QED) is 0.731. The summed E-state index contributed by atoms with van der Waals surface area (Å²) < 4.78 is 0. The van der Waals surface area contributed by atoms with Crippen molar-refractivity contribution in [3.8, 4) is 28.3 Å². The van der Waals surface area contributed by atoms with Gasteiger partial charge in [-0.2, -0.15) is 5.26 Å². The van der Waals surface area contributed by atoms with Crippen LogP contribution >= 0.6 is 0 Å². The van der Waals surface area contributed by atoms with E-state index in [0.29, 0.717) is 25.1 Å². The van der Waals surface area contributed by atoms with Crippen LogP contribution in [-0.4, -0.2) is 27.3 Å². The molecule has 0 bridgehead atoms. The van der Waals surface area contributed by atoms with E-state index in [4.69, 9.17) is 5.73 Å². The van der Waals surface area contributed by atoms with Gasteiger partial charge in [-0.1, -0.05) is 30.3 Å². The predicted octanol–water partition coefficient (Wildman–Crippen LogP) is 3.56. The number of rotatable bonds is 3. The molecule has 2 N–H and O–H groups in total. The van der Waals surface area contributed by atoms with E-state index in [0.717, 1.165) is 46.4 Å². The Morgan fingerprint density at radius 3 is 2.57 bits per heavy atom. The second-order valence-electron chi connectivity index (χ2n) is 7.89. The van der Waals surface area contributed by atoms with E-state index in [1.54, 1.807) is 6.20 Å². The van der Waals surface area contributed by atoms with E-state index < -0.39 is 0 Å². The summed E-state index contributed by atoms with van der Waals surface area (Å²) in [6, 6.07) is 14.2. The number of benzene rings is 1. The molecule has 0 saturated heterocycles. The maximum Gasteiger partial charge on any atom is 0.225 e. The molecule has 6 heteroatoms. The van der Waals surface area contributed by atoms with Gasteiger partial charge < -0.3 is 10.6 Å². The van der Waals surface area contributed by atoms with E-state index in [1.165, 1.54) is 0 Å². The summed E-state index contributed by atoms with van der Waals surface area (Å²) in [6.07, 6.45) is 6.19. The number of nitrogen functional groups attached to an aromatic ring is 1. The van der Waals surface area contributed by atoms with Crippen LogP contribution in [0, 0.1) is 17.2 Å². The highest BCUT2D eigenvalue weighted by atomic mass is 16.2. The highest BCUT2D eigenvalue weighted by molar-refractivity contribution is 5.84.